The predicted octanol–water partition coefficient (Wildman–Crippen LogP) is 10.4. The lowest BCUT2D eigenvalue weighted by molar-refractivity contribution is 0.590. The first-order chi connectivity index (χ1) is 18.1. The number of fused-ring (bicyclic) bond motifs is 4. The van der Waals surface area contributed by atoms with Gasteiger partial charge in [-0.1, -0.05) is 150 Å². The van der Waals surface area contributed by atoms with Crippen LogP contribution in [0.25, 0.3) is 28.3 Å². The van der Waals surface area contributed by atoms with E-state index in [0.717, 1.165) is 0 Å². The lowest BCUT2D eigenvalue weighted by atomic mass is 9.86. The van der Waals surface area contributed by atoms with Crippen LogP contribution in [0.5, 0.6) is 0 Å². The molecule has 0 fully saturated rings. The molecule has 0 spiro atoms. The maximum Gasteiger partial charge on any atom is 0.0726 e. The van der Waals surface area contributed by atoms with E-state index in [1.54, 1.807) is 11.1 Å². The van der Waals surface area contributed by atoms with E-state index in [9.17, 15) is 0 Å². The minimum Gasteiger partial charge on any atom is -0.0679 e. The zero-order valence-corrected chi connectivity index (χ0v) is 25.0. The second-order valence-corrected chi connectivity index (χ2v) is 18.1. The number of hydrogen-bond donors (Lipinski definition) is 0. The van der Waals surface area contributed by atoms with Crippen LogP contribution >= 0.6 is 0 Å². The van der Waals surface area contributed by atoms with Gasteiger partial charge < -0.3 is 0 Å². The molecule has 0 radical (unpaired) electrons. The highest BCUT2D eigenvalue weighted by Crippen LogP contribution is 2.57. The van der Waals surface area contributed by atoms with Crippen LogP contribution in [0.15, 0.2) is 96.6 Å². The van der Waals surface area contributed by atoms with Gasteiger partial charge >= 0.3 is 0 Å². The van der Waals surface area contributed by atoms with Crippen LogP contribution < -0.4 is 0 Å². The van der Waals surface area contributed by atoms with Crippen molar-refractivity contribution in [1.29, 1.82) is 0 Å². The fourth-order valence-corrected chi connectivity index (χ4v) is 12.1. The van der Waals surface area contributed by atoms with Crippen molar-refractivity contribution < 1.29 is 0 Å². The molecule has 6 rings (SSSR count). The molecule has 1 atom stereocenters. The lowest BCUT2D eigenvalue weighted by Crippen LogP contribution is -2.43. The quantitative estimate of drug-likeness (QED) is 0.239. The van der Waals surface area contributed by atoms with Gasteiger partial charge in [-0.05, 0) is 61.4 Å². The third kappa shape index (κ3) is 3.86. The van der Waals surface area contributed by atoms with Gasteiger partial charge in [-0.15, -0.1) is 0 Å². The summed E-state index contributed by atoms with van der Waals surface area (Å²) in [5, 5.41) is 0. The first-order valence-electron chi connectivity index (χ1n) is 14.2. The fraction of sp³-hybridized carbons (Fsp3) is 0.297. The van der Waals surface area contributed by atoms with E-state index in [2.05, 4.69) is 145 Å². The maximum absolute atomic E-state index is 2.65. The third-order valence-corrected chi connectivity index (χ3v) is 13.4. The molecule has 2 aliphatic rings. The molecule has 0 amide bonds. The van der Waals surface area contributed by atoms with Gasteiger partial charge in [0.15, 0.2) is 0 Å². The highest BCUT2D eigenvalue weighted by Gasteiger charge is 2.49. The van der Waals surface area contributed by atoms with Gasteiger partial charge in [0.2, 0.25) is 0 Å². The second-order valence-electron chi connectivity index (χ2n) is 13.3. The highest BCUT2D eigenvalue weighted by atomic mass is 28.3. The molecule has 0 saturated carbocycles. The average Bonchev–Trinajstić information content (AvgIpc) is 3.46. The van der Waals surface area contributed by atoms with Crippen LogP contribution in [-0.2, 0) is 5.41 Å². The van der Waals surface area contributed by atoms with Crippen LogP contribution in [0.3, 0.4) is 0 Å². The van der Waals surface area contributed by atoms with E-state index in [1.807, 2.05) is 0 Å². The van der Waals surface area contributed by atoms with Crippen LogP contribution in [0, 0.1) is 5.92 Å². The molecule has 4 aromatic carbocycles. The first-order valence-corrected chi connectivity index (χ1v) is 17.4. The molecule has 2 aliphatic carbocycles. The SMILES string of the molecule is CC(C)C1=Cc2c(-c3ccc(C(C)(C)C)cc3)cccc2C1[Si](C)(C)C1c2ccccc2-c2ccccc21. The van der Waals surface area contributed by atoms with Gasteiger partial charge in [0.25, 0.3) is 0 Å². The lowest BCUT2D eigenvalue weighted by Gasteiger charge is -2.40. The second kappa shape index (κ2) is 8.95. The minimum absolute atomic E-state index is 0.163. The zero-order valence-electron chi connectivity index (χ0n) is 24.0. The monoisotopic (exact) mass is 512 g/mol. The largest absolute Gasteiger partial charge is 0.0726 e. The molecular weight excluding hydrogens is 472 g/mol. The molecule has 0 nitrogen and oxygen atoms in total. The Balaban J connectivity index is 1.50. The first kappa shape index (κ1) is 25.1. The van der Waals surface area contributed by atoms with Gasteiger partial charge in [-0.2, -0.15) is 0 Å². The minimum atomic E-state index is -1.94. The van der Waals surface area contributed by atoms with E-state index in [0.29, 0.717) is 17.0 Å². The summed E-state index contributed by atoms with van der Waals surface area (Å²) in [4.78, 5) is 0. The van der Waals surface area contributed by atoms with E-state index < -0.39 is 8.07 Å². The van der Waals surface area contributed by atoms with E-state index in [4.69, 9.17) is 0 Å². The summed E-state index contributed by atoms with van der Waals surface area (Å²) in [7, 11) is -1.94. The van der Waals surface area contributed by atoms with Gasteiger partial charge in [-0.25, -0.2) is 0 Å². The molecule has 0 aliphatic heterocycles. The van der Waals surface area contributed by atoms with Crippen molar-refractivity contribution >= 4 is 14.1 Å². The highest BCUT2D eigenvalue weighted by molar-refractivity contribution is 6.82. The Kier molecular flexibility index (Phi) is 5.92. The van der Waals surface area contributed by atoms with Gasteiger partial charge in [0, 0.05) is 11.1 Å². The van der Waals surface area contributed by atoms with E-state index in [1.165, 1.54) is 44.5 Å². The van der Waals surface area contributed by atoms with Crippen LogP contribution in [0.1, 0.15) is 73.5 Å². The fourth-order valence-electron chi connectivity index (χ4n) is 7.28. The third-order valence-electron chi connectivity index (χ3n) is 9.15. The summed E-state index contributed by atoms with van der Waals surface area (Å²) in [6, 6.07) is 34.7. The van der Waals surface area contributed by atoms with Crippen molar-refractivity contribution in [1.82, 2.24) is 0 Å². The molecule has 0 N–H and O–H groups in total. The molecule has 192 valence electrons. The maximum atomic E-state index is 2.65. The predicted molar refractivity (Wildman–Crippen MR) is 167 cm³/mol. The Bertz CT molecular complexity index is 1500. The molecule has 1 heteroatoms. The Labute approximate surface area is 230 Å². The number of hydrogen-bond acceptors (Lipinski definition) is 0. The van der Waals surface area contributed by atoms with Gasteiger partial charge in [0.05, 0.1) is 8.07 Å². The normalized spacial score (nSPS) is 16.8. The molecule has 0 bridgehead atoms. The number of rotatable bonds is 4. The molecule has 4 aromatic rings. The Morgan fingerprint density at radius 2 is 1.13 bits per heavy atom. The molecule has 38 heavy (non-hydrogen) atoms. The summed E-state index contributed by atoms with van der Waals surface area (Å²) in [5.41, 5.74) is 15.8. The van der Waals surface area contributed by atoms with Crippen molar-refractivity contribution in [3.8, 4) is 22.3 Å². The Morgan fingerprint density at radius 3 is 1.68 bits per heavy atom. The standard InChI is InChI=1S/C37H40Si/c1-24(2)33-23-34-27(25-19-21-26(22-20-25)37(3,4)5)17-12-18-32(34)36(33)38(6,7)35-30-15-10-8-13-28(30)29-14-9-11-16-31(29)35/h8-24,35-36H,1-7H3. The van der Waals surface area contributed by atoms with Crippen LogP contribution in [-0.4, -0.2) is 8.07 Å². The van der Waals surface area contributed by atoms with Crippen LogP contribution in [0.4, 0.5) is 0 Å². The van der Waals surface area contributed by atoms with Crippen molar-refractivity contribution in [2.75, 3.05) is 0 Å². The van der Waals surface area contributed by atoms with Gasteiger partial charge in [0.1, 0.15) is 0 Å². The summed E-state index contributed by atoms with van der Waals surface area (Å²) >= 11 is 0. The van der Waals surface area contributed by atoms with Gasteiger partial charge in [-0.3, -0.25) is 0 Å². The summed E-state index contributed by atoms with van der Waals surface area (Å²) < 4.78 is 0. The Hall–Kier alpha value is -3.16. The summed E-state index contributed by atoms with van der Waals surface area (Å²) in [5.74, 6) is 0.516. The van der Waals surface area contributed by atoms with Crippen molar-refractivity contribution in [3.05, 3.63) is 124 Å². The molecule has 1 unspecified atom stereocenters. The Morgan fingerprint density at radius 1 is 0.605 bits per heavy atom. The summed E-state index contributed by atoms with van der Waals surface area (Å²) in [6.45, 7) is 16.9. The molecular formula is C37H40Si. The molecule has 0 aromatic heterocycles. The number of allylic oxidation sites excluding steroid dienone is 1. The number of benzene rings is 4. The van der Waals surface area contributed by atoms with Crippen molar-refractivity contribution in [2.45, 2.75) is 64.2 Å². The zero-order chi connectivity index (χ0) is 26.8. The smallest absolute Gasteiger partial charge is 0.0679 e. The van der Waals surface area contributed by atoms with Crippen LogP contribution in [0.2, 0.25) is 13.1 Å². The van der Waals surface area contributed by atoms with E-state index in [-0.39, 0.29) is 5.41 Å². The summed E-state index contributed by atoms with van der Waals surface area (Å²) in [6.07, 6.45) is 2.57. The molecule has 0 heterocycles. The average molecular weight is 513 g/mol. The van der Waals surface area contributed by atoms with Crippen molar-refractivity contribution in [2.24, 2.45) is 5.92 Å². The van der Waals surface area contributed by atoms with E-state index >= 15 is 0 Å². The molecule has 0 saturated heterocycles. The van der Waals surface area contributed by atoms with Crippen molar-refractivity contribution in [3.63, 3.8) is 0 Å². The topological polar surface area (TPSA) is 0 Å².